The van der Waals surface area contributed by atoms with Crippen LogP contribution < -0.4 is 0 Å². The van der Waals surface area contributed by atoms with Crippen molar-refractivity contribution in [3.05, 3.63) is 34.1 Å². The van der Waals surface area contributed by atoms with Crippen LogP contribution in [0.1, 0.15) is 24.2 Å². The van der Waals surface area contributed by atoms with Crippen molar-refractivity contribution in [3.63, 3.8) is 0 Å². The van der Waals surface area contributed by atoms with Gasteiger partial charge in [-0.15, -0.1) is 0 Å². The molecule has 1 aliphatic heterocycles. The van der Waals surface area contributed by atoms with Crippen LogP contribution in [-0.2, 0) is 4.74 Å². The maximum atomic E-state index is 13.7. The van der Waals surface area contributed by atoms with Crippen LogP contribution >= 0.6 is 15.9 Å². The van der Waals surface area contributed by atoms with E-state index in [9.17, 15) is 9.18 Å². The average Bonchev–Trinajstić information content (AvgIpc) is 2.26. The SMILES string of the molecule is C[C@H]1CN(C(=O)c2ccc(Br)cc2F)C[C@H](C)O1. The Hall–Kier alpha value is -0.940. The van der Waals surface area contributed by atoms with Crippen molar-refractivity contribution in [2.45, 2.75) is 26.1 Å². The van der Waals surface area contributed by atoms with E-state index in [1.54, 1.807) is 11.0 Å². The molecule has 5 heteroatoms. The van der Waals surface area contributed by atoms with Gasteiger partial charge in [0.05, 0.1) is 17.8 Å². The first kappa shape index (κ1) is 13.5. The van der Waals surface area contributed by atoms with E-state index in [2.05, 4.69) is 15.9 Å². The van der Waals surface area contributed by atoms with Gasteiger partial charge in [0, 0.05) is 17.6 Å². The van der Waals surface area contributed by atoms with E-state index in [-0.39, 0.29) is 23.7 Å². The summed E-state index contributed by atoms with van der Waals surface area (Å²) >= 11 is 3.18. The van der Waals surface area contributed by atoms with Gasteiger partial charge in [0.2, 0.25) is 0 Å². The lowest BCUT2D eigenvalue weighted by Gasteiger charge is -2.35. The highest BCUT2D eigenvalue weighted by molar-refractivity contribution is 9.10. The number of carbonyl (C=O) groups is 1. The second-order valence-corrected chi connectivity index (χ2v) is 5.51. The van der Waals surface area contributed by atoms with Crippen molar-refractivity contribution < 1.29 is 13.9 Å². The fourth-order valence-electron chi connectivity index (χ4n) is 2.18. The summed E-state index contributed by atoms with van der Waals surface area (Å²) in [5, 5.41) is 0. The van der Waals surface area contributed by atoms with Gasteiger partial charge in [-0.2, -0.15) is 0 Å². The minimum absolute atomic E-state index is 0.0174. The van der Waals surface area contributed by atoms with E-state index in [1.807, 2.05) is 13.8 Å². The molecule has 2 rings (SSSR count). The molecule has 1 aromatic carbocycles. The van der Waals surface area contributed by atoms with E-state index in [0.717, 1.165) is 0 Å². The summed E-state index contributed by atoms with van der Waals surface area (Å²) in [6.07, 6.45) is -0.0348. The minimum atomic E-state index is -0.499. The van der Waals surface area contributed by atoms with Crippen LogP contribution in [0.3, 0.4) is 0 Å². The van der Waals surface area contributed by atoms with Gasteiger partial charge >= 0.3 is 0 Å². The van der Waals surface area contributed by atoms with E-state index >= 15 is 0 Å². The Bertz CT molecular complexity index is 456. The van der Waals surface area contributed by atoms with Crippen molar-refractivity contribution >= 4 is 21.8 Å². The van der Waals surface area contributed by atoms with Gasteiger partial charge < -0.3 is 9.64 Å². The normalized spacial score (nSPS) is 24.1. The summed E-state index contributed by atoms with van der Waals surface area (Å²) in [6, 6.07) is 4.48. The Morgan fingerprint density at radius 3 is 2.56 bits per heavy atom. The summed E-state index contributed by atoms with van der Waals surface area (Å²) in [4.78, 5) is 13.9. The van der Waals surface area contributed by atoms with Crippen LogP contribution in [-0.4, -0.2) is 36.1 Å². The molecule has 0 bridgehead atoms. The Balaban J connectivity index is 2.20. The minimum Gasteiger partial charge on any atom is -0.372 e. The summed E-state index contributed by atoms with van der Waals surface area (Å²) in [5.74, 6) is -0.775. The number of hydrogen-bond acceptors (Lipinski definition) is 2. The van der Waals surface area contributed by atoms with Crippen LogP contribution in [0.5, 0.6) is 0 Å². The number of rotatable bonds is 1. The summed E-state index contributed by atoms with van der Waals surface area (Å²) in [5.41, 5.74) is 0.111. The van der Waals surface area contributed by atoms with Gasteiger partial charge in [-0.25, -0.2) is 4.39 Å². The maximum Gasteiger partial charge on any atom is 0.257 e. The lowest BCUT2D eigenvalue weighted by Crippen LogP contribution is -2.48. The summed E-state index contributed by atoms with van der Waals surface area (Å²) in [7, 11) is 0. The molecule has 1 amide bonds. The van der Waals surface area contributed by atoms with Gasteiger partial charge in [0.25, 0.3) is 5.91 Å². The summed E-state index contributed by atoms with van der Waals surface area (Å²) in [6.45, 7) is 4.82. The molecule has 1 fully saturated rings. The standard InChI is InChI=1S/C13H15BrFNO2/c1-8-6-16(7-9(2)18-8)13(17)11-4-3-10(14)5-12(11)15/h3-5,8-9H,6-7H2,1-2H3/t8-,9-/m0/s1. The molecule has 3 nitrogen and oxygen atoms in total. The first-order valence-corrected chi connectivity index (χ1v) is 6.66. The first-order valence-electron chi connectivity index (χ1n) is 5.87. The van der Waals surface area contributed by atoms with Crippen LogP contribution in [0.15, 0.2) is 22.7 Å². The zero-order valence-corrected chi connectivity index (χ0v) is 11.9. The van der Waals surface area contributed by atoms with Gasteiger partial charge in [0.15, 0.2) is 0 Å². The second-order valence-electron chi connectivity index (χ2n) is 4.59. The topological polar surface area (TPSA) is 29.5 Å². The quantitative estimate of drug-likeness (QED) is 0.797. The smallest absolute Gasteiger partial charge is 0.257 e. The van der Waals surface area contributed by atoms with Crippen LogP contribution in [0, 0.1) is 5.82 Å². The van der Waals surface area contributed by atoms with Crippen LogP contribution in [0.4, 0.5) is 4.39 Å². The van der Waals surface area contributed by atoms with Gasteiger partial charge in [-0.1, -0.05) is 15.9 Å². The highest BCUT2D eigenvalue weighted by Crippen LogP contribution is 2.19. The zero-order chi connectivity index (χ0) is 13.3. The molecule has 0 unspecified atom stereocenters. The number of halogens is 2. The lowest BCUT2D eigenvalue weighted by atomic mass is 10.1. The van der Waals surface area contributed by atoms with Crippen LogP contribution in [0.25, 0.3) is 0 Å². The van der Waals surface area contributed by atoms with Crippen molar-refractivity contribution in [2.24, 2.45) is 0 Å². The van der Waals surface area contributed by atoms with Gasteiger partial charge in [0.1, 0.15) is 5.82 Å². The molecule has 0 radical (unpaired) electrons. The van der Waals surface area contributed by atoms with Gasteiger partial charge in [-0.05, 0) is 32.0 Å². The Morgan fingerprint density at radius 2 is 2.00 bits per heavy atom. The molecule has 1 saturated heterocycles. The molecule has 1 aliphatic rings. The van der Waals surface area contributed by atoms with E-state index in [4.69, 9.17) is 4.74 Å². The molecular formula is C13H15BrFNO2. The average molecular weight is 316 g/mol. The van der Waals surface area contributed by atoms with Crippen molar-refractivity contribution in [1.82, 2.24) is 4.90 Å². The number of hydrogen-bond donors (Lipinski definition) is 0. The summed E-state index contributed by atoms with van der Waals surface area (Å²) < 4.78 is 19.9. The molecule has 0 N–H and O–H groups in total. The largest absolute Gasteiger partial charge is 0.372 e. The molecule has 18 heavy (non-hydrogen) atoms. The molecule has 0 aliphatic carbocycles. The third-order valence-electron chi connectivity index (χ3n) is 2.87. The molecule has 2 atom stereocenters. The second kappa shape index (κ2) is 5.36. The van der Waals surface area contributed by atoms with E-state index in [1.165, 1.54) is 12.1 Å². The Labute approximate surface area is 114 Å². The molecule has 1 aromatic rings. The number of carbonyl (C=O) groups excluding carboxylic acids is 1. The first-order chi connectivity index (χ1) is 8.47. The molecule has 0 aromatic heterocycles. The molecule has 0 spiro atoms. The van der Waals surface area contributed by atoms with Gasteiger partial charge in [-0.3, -0.25) is 4.79 Å². The number of amides is 1. The Kier molecular flexibility index (Phi) is 4.02. The zero-order valence-electron chi connectivity index (χ0n) is 10.3. The molecule has 1 heterocycles. The predicted molar refractivity (Wildman–Crippen MR) is 70.0 cm³/mol. The fraction of sp³-hybridized carbons (Fsp3) is 0.462. The number of nitrogens with zero attached hydrogens (tertiary/aromatic N) is 1. The molecule has 0 saturated carbocycles. The monoisotopic (exact) mass is 315 g/mol. The van der Waals surface area contributed by atoms with E-state index < -0.39 is 5.82 Å². The third kappa shape index (κ3) is 2.90. The highest BCUT2D eigenvalue weighted by Gasteiger charge is 2.27. The number of ether oxygens (including phenoxy) is 1. The highest BCUT2D eigenvalue weighted by atomic mass is 79.9. The van der Waals surface area contributed by atoms with E-state index in [0.29, 0.717) is 17.6 Å². The molecular weight excluding hydrogens is 301 g/mol. The predicted octanol–water partition coefficient (Wildman–Crippen LogP) is 2.84. The van der Waals surface area contributed by atoms with Crippen molar-refractivity contribution in [3.8, 4) is 0 Å². The third-order valence-corrected chi connectivity index (χ3v) is 3.36. The lowest BCUT2D eigenvalue weighted by molar-refractivity contribution is -0.0587. The maximum absolute atomic E-state index is 13.7. The number of morpholine rings is 1. The fourth-order valence-corrected chi connectivity index (χ4v) is 2.51. The Morgan fingerprint density at radius 1 is 1.39 bits per heavy atom. The number of benzene rings is 1. The van der Waals surface area contributed by atoms with Crippen molar-refractivity contribution in [2.75, 3.05) is 13.1 Å². The molecule has 98 valence electrons. The van der Waals surface area contributed by atoms with Crippen molar-refractivity contribution in [1.29, 1.82) is 0 Å². The van der Waals surface area contributed by atoms with Crippen LogP contribution in [0.2, 0.25) is 0 Å².